The summed E-state index contributed by atoms with van der Waals surface area (Å²) in [4.78, 5) is 0. The Balaban J connectivity index is 2.24. The first kappa shape index (κ1) is 18.3. The largest absolute Gasteiger partial charge is 0.190 e. The average Bonchev–Trinajstić information content (AvgIpc) is 2.64. The van der Waals surface area contributed by atoms with Gasteiger partial charge in [0, 0.05) is 5.41 Å². The normalized spacial score (nSPS) is 12.1. The van der Waals surface area contributed by atoms with Crippen LogP contribution in [0.3, 0.4) is 0 Å². The summed E-state index contributed by atoms with van der Waals surface area (Å²) in [6.07, 6.45) is 1.15. The van der Waals surface area contributed by atoms with Crippen LogP contribution < -0.4 is 0 Å². The van der Waals surface area contributed by atoms with Crippen molar-refractivity contribution in [3.63, 3.8) is 0 Å². The van der Waals surface area contributed by atoms with Gasteiger partial charge in [0.1, 0.15) is 0 Å². The molecule has 0 amide bonds. The highest BCUT2D eigenvalue weighted by atomic mass is 35.6. The molecular formula is C22H19Cl3. The van der Waals surface area contributed by atoms with Gasteiger partial charge in [-0.3, -0.25) is 0 Å². The first-order chi connectivity index (χ1) is 12.0. The Bertz CT molecular complexity index is 681. The van der Waals surface area contributed by atoms with Crippen molar-refractivity contribution in [1.29, 1.82) is 0 Å². The molecule has 0 spiro atoms. The highest BCUT2D eigenvalue weighted by Crippen LogP contribution is 2.46. The van der Waals surface area contributed by atoms with E-state index in [1.165, 1.54) is 16.7 Å². The molecule has 0 aliphatic carbocycles. The molecule has 3 aromatic rings. The van der Waals surface area contributed by atoms with E-state index in [1.54, 1.807) is 0 Å². The molecule has 0 aliphatic heterocycles. The maximum absolute atomic E-state index is 6.13. The van der Waals surface area contributed by atoms with Gasteiger partial charge >= 0.3 is 0 Å². The van der Waals surface area contributed by atoms with Crippen LogP contribution in [-0.2, 0) is 5.41 Å². The second-order valence-corrected chi connectivity index (χ2v) is 8.63. The van der Waals surface area contributed by atoms with Crippen LogP contribution in [0.15, 0.2) is 91.0 Å². The zero-order valence-electron chi connectivity index (χ0n) is 13.7. The van der Waals surface area contributed by atoms with Crippen LogP contribution in [0.1, 0.15) is 29.5 Å². The minimum absolute atomic E-state index is 0.367. The molecule has 0 saturated heterocycles. The zero-order valence-corrected chi connectivity index (χ0v) is 16.0. The second kappa shape index (κ2) is 7.83. The lowest BCUT2D eigenvalue weighted by molar-refractivity contribution is 0.537. The van der Waals surface area contributed by atoms with Gasteiger partial charge in [0.25, 0.3) is 0 Å². The summed E-state index contributed by atoms with van der Waals surface area (Å²) in [7, 11) is 0. The lowest BCUT2D eigenvalue weighted by atomic mass is 9.67. The fourth-order valence-electron chi connectivity index (χ4n) is 3.43. The van der Waals surface area contributed by atoms with Crippen LogP contribution in [0, 0.1) is 0 Å². The number of alkyl halides is 3. The monoisotopic (exact) mass is 388 g/mol. The van der Waals surface area contributed by atoms with Crippen LogP contribution in [0.5, 0.6) is 0 Å². The van der Waals surface area contributed by atoms with E-state index in [4.69, 9.17) is 34.8 Å². The molecule has 0 radical (unpaired) electrons. The molecular weight excluding hydrogens is 371 g/mol. The van der Waals surface area contributed by atoms with E-state index in [1.807, 2.05) is 18.2 Å². The Morgan fingerprint density at radius 3 is 1.08 bits per heavy atom. The SMILES string of the molecule is ClC(Cl)(Cl)CCC(c1ccccc1)(c1ccccc1)c1ccccc1. The van der Waals surface area contributed by atoms with Crippen molar-refractivity contribution in [2.24, 2.45) is 0 Å². The summed E-state index contributed by atoms with van der Waals surface area (Å²) in [5, 5.41) is 0. The highest BCUT2D eigenvalue weighted by molar-refractivity contribution is 6.67. The number of benzene rings is 3. The maximum Gasteiger partial charge on any atom is 0.190 e. The molecule has 0 N–H and O–H groups in total. The predicted octanol–water partition coefficient (Wildman–Crippen LogP) is 7.17. The number of halogens is 3. The van der Waals surface area contributed by atoms with Gasteiger partial charge in [-0.2, -0.15) is 0 Å². The second-order valence-electron chi connectivity index (χ2n) is 6.12. The van der Waals surface area contributed by atoms with Crippen molar-refractivity contribution in [1.82, 2.24) is 0 Å². The van der Waals surface area contributed by atoms with Crippen molar-refractivity contribution in [3.8, 4) is 0 Å². The smallest absolute Gasteiger partial charge is 0.0837 e. The molecule has 25 heavy (non-hydrogen) atoms. The van der Waals surface area contributed by atoms with Gasteiger partial charge in [0.2, 0.25) is 0 Å². The summed E-state index contributed by atoms with van der Waals surface area (Å²) in [6.45, 7) is 0. The molecule has 0 fully saturated rings. The quantitative estimate of drug-likeness (QED) is 0.320. The third-order valence-electron chi connectivity index (χ3n) is 4.58. The Labute approximate surface area is 164 Å². The third kappa shape index (κ3) is 4.20. The lowest BCUT2D eigenvalue weighted by Crippen LogP contribution is -2.30. The van der Waals surface area contributed by atoms with Crippen LogP contribution in [0.4, 0.5) is 0 Å². The average molecular weight is 390 g/mol. The van der Waals surface area contributed by atoms with Crippen LogP contribution in [-0.4, -0.2) is 3.79 Å². The molecule has 0 bridgehead atoms. The van der Waals surface area contributed by atoms with Crippen molar-refractivity contribution in [2.45, 2.75) is 22.0 Å². The summed E-state index contributed by atoms with van der Waals surface area (Å²) < 4.78 is -1.29. The number of hydrogen-bond donors (Lipinski definition) is 0. The van der Waals surface area contributed by atoms with Gasteiger partial charge in [-0.05, 0) is 29.5 Å². The summed E-state index contributed by atoms with van der Waals surface area (Å²) >= 11 is 18.4. The molecule has 3 heteroatoms. The molecule has 128 valence electrons. The van der Waals surface area contributed by atoms with E-state index >= 15 is 0 Å². The van der Waals surface area contributed by atoms with Gasteiger partial charge in [-0.15, -0.1) is 0 Å². The van der Waals surface area contributed by atoms with Gasteiger partial charge in [-0.1, -0.05) is 126 Å². The fraction of sp³-hybridized carbons (Fsp3) is 0.182. The molecule has 0 aromatic heterocycles. The number of rotatable bonds is 5. The highest BCUT2D eigenvalue weighted by Gasteiger charge is 2.38. The lowest BCUT2D eigenvalue weighted by Gasteiger charge is -2.37. The first-order valence-corrected chi connectivity index (χ1v) is 9.39. The molecule has 0 unspecified atom stereocenters. The molecule has 0 aliphatic rings. The van der Waals surface area contributed by atoms with Gasteiger partial charge in [-0.25, -0.2) is 0 Å². The number of hydrogen-bond acceptors (Lipinski definition) is 0. The van der Waals surface area contributed by atoms with E-state index in [9.17, 15) is 0 Å². The zero-order chi connectivity index (χ0) is 17.8. The Morgan fingerprint density at radius 1 is 0.480 bits per heavy atom. The van der Waals surface area contributed by atoms with Crippen molar-refractivity contribution >= 4 is 34.8 Å². The van der Waals surface area contributed by atoms with E-state index < -0.39 is 3.79 Å². The van der Waals surface area contributed by atoms with Gasteiger partial charge < -0.3 is 0 Å². The Morgan fingerprint density at radius 2 is 0.800 bits per heavy atom. The van der Waals surface area contributed by atoms with Crippen LogP contribution in [0.25, 0.3) is 0 Å². The Hall–Kier alpha value is -1.47. The predicted molar refractivity (Wildman–Crippen MR) is 109 cm³/mol. The third-order valence-corrected chi connectivity index (χ3v) is 5.15. The minimum Gasteiger partial charge on any atom is -0.0837 e. The fourth-order valence-corrected chi connectivity index (χ4v) is 3.71. The van der Waals surface area contributed by atoms with Crippen molar-refractivity contribution in [2.75, 3.05) is 0 Å². The molecule has 0 nitrogen and oxygen atoms in total. The van der Waals surface area contributed by atoms with Gasteiger partial charge in [0.05, 0.1) is 0 Å². The van der Waals surface area contributed by atoms with Crippen LogP contribution >= 0.6 is 34.8 Å². The first-order valence-electron chi connectivity index (χ1n) is 8.26. The Kier molecular flexibility index (Phi) is 5.74. The standard InChI is InChI=1S/C22H19Cl3/c23-22(24,25)17-16-21(18-10-4-1-5-11-18,19-12-6-2-7-13-19)20-14-8-3-9-15-20/h1-15H,16-17H2. The van der Waals surface area contributed by atoms with Crippen molar-refractivity contribution < 1.29 is 0 Å². The van der Waals surface area contributed by atoms with E-state index in [0.717, 1.165) is 0 Å². The van der Waals surface area contributed by atoms with Gasteiger partial charge in [0.15, 0.2) is 3.79 Å². The van der Waals surface area contributed by atoms with E-state index in [-0.39, 0.29) is 5.41 Å². The minimum atomic E-state index is -1.29. The molecule has 0 saturated carbocycles. The van der Waals surface area contributed by atoms with Crippen molar-refractivity contribution in [3.05, 3.63) is 108 Å². The maximum atomic E-state index is 6.13. The van der Waals surface area contributed by atoms with Crippen LogP contribution in [0.2, 0.25) is 0 Å². The summed E-state index contributed by atoms with van der Waals surface area (Å²) in [5.41, 5.74) is 3.22. The molecule has 3 rings (SSSR count). The summed E-state index contributed by atoms with van der Waals surface area (Å²) in [6, 6.07) is 31.4. The molecule has 0 heterocycles. The van der Waals surface area contributed by atoms with E-state index in [0.29, 0.717) is 12.8 Å². The van der Waals surface area contributed by atoms with E-state index in [2.05, 4.69) is 72.8 Å². The topological polar surface area (TPSA) is 0 Å². The molecule has 3 aromatic carbocycles. The summed E-state index contributed by atoms with van der Waals surface area (Å²) in [5.74, 6) is 0. The molecule has 0 atom stereocenters.